The fraction of sp³-hybridized carbons (Fsp3) is 0.636. The number of rotatable bonds is 2. The molecule has 1 atom stereocenters. The zero-order chi connectivity index (χ0) is 10.0. The molecule has 1 saturated carbocycles. The highest BCUT2D eigenvalue weighted by atomic mass is 15.0. The minimum absolute atomic E-state index is 0.493. The Hall–Kier alpha value is -1.12. The van der Waals surface area contributed by atoms with Crippen molar-refractivity contribution in [2.75, 3.05) is 5.32 Å². The third-order valence-electron chi connectivity index (χ3n) is 2.90. The van der Waals surface area contributed by atoms with Crippen LogP contribution in [0.5, 0.6) is 0 Å². The molecule has 1 N–H and O–H groups in total. The first-order valence-electron chi connectivity index (χ1n) is 5.17. The molecule has 1 aromatic rings. The highest BCUT2D eigenvalue weighted by Crippen LogP contribution is 2.38. The van der Waals surface area contributed by atoms with E-state index >= 15 is 0 Å². The van der Waals surface area contributed by atoms with Gasteiger partial charge in [0.05, 0.1) is 18.1 Å². The van der Waals surface area contributed by atoms with Crippen molar-refractivity contribution in [3.8, 4) is 0 Å². The molecule has 0 aliphatic heterocycles. The Balaban J connectivity index is 1.94. The Bertz CT molecular complexity index is 295. The van der Waals surface area contributed by atoms with Crippen molar-refractivity contribution in [2.45, 2.75) is 39.2 Å². The highest BCUT2D eigenvalue weighted by molar-refractivity contribution is 5.38. The van der Waals surface area contributed by atoms with Crippen LogP contribution in [0.1, 0.15) is 33.1 Å². The van der Waals surface area contributed by atoms with Gasteiger partial charge in [-0.15, -0.1) is 0 Å². The number of anilines is 1. The Labute approximate surface area is 85.0 Å². The summed E-state index contributed by atoms with van der Waals surface area (Å²) in [7, 11) is 0. The fourth-order valence-electron chi connectivity index (χ4n) is 2.17. The van der Waals surface area contributed by atoms with Gasteiger partial charge in [0, 0.05) is 6.04 Å². The summed E-state index contributed by atoms with van der Waals surface area (Å²) in [6, 6.07) is 0.594. The minimum atomic E-state index is 0.493. The molecular formula is C11H17N3. The summed E-state index contributed by atoms with van der Waals surface area (Å²) >= 11 is 0. The standard InChI is InChI=1S/C11H17N3/c1-11(2)4-3-9(5-11)14-10-6-12-8-13-7-10/h6-9,14H,3-5H2,1-2H3. The first-order chi connectivity index (χ1) is 6.66. The Morgan fingerprint density at radius 3 is 2.64 bits per heavy atom. The average molecular weight is 191 g/mol. The van der Waals surface area contributed by atoms with Gasteiger partial charge in [0.2, 0.25) is 0 Å². The molecule has 0 aromatic carbocycles. The van der Waals surface area contributed by atoms with Crippen molar-refractivity contribution in [1.29, 1.82) is 0 Å². The SMILES string of the molecule is CC1(C)CCC(Nc2cncnc2)C1. The molecule has 1 aromatic heterocycles. The van der Waals surface area contributed by atoms with Gasteiger partial charge in [0.25, 0.3) is 0 Å². The summed E-state index contributed by atoms with van der Waals surface area (Å²) < 4.78 is 0. The second kappa shape index (κ2) is 3.56. The van der Waals surface area contributed by atoms with Gasteiger partial charge < -0.3 is 5.32 Å². The monoisotopic (exact) mass is 191 g/mol. The molecule has 76 valence electrons. The summed E-state index contributed by atoms with van der Waals surface area (Å²) in [4.78, 5) is 7.98. The van der Waals surface area contributed by atoms with Crippen molar-refractivity contribution >= 4 is 5.69 Å². The maximum absolute atomic E-state index is 3.99. The molecule has 0 bridgehead atoms. The number of hydrogen-bond donors (Lipinski definition) is 1. The smallest absolute Gasteiger partial charge is 0.115 e. The molecule has 3 heteroatoms. The van der Waals surface area contributed by atoms with Crippen LogP contribution < -0.4 is 5.32 Å². The molecule has 0 radical (unpaired) electrons. The van der Waals surface area contributed by atoms with Gasteiger partial charge in [0.1, 0.15) is 6.33 Å². The summed E-state index contributed by atoms with van der Waals surface area (Å²) in [5.41, 5.74) is 1.53. The Kier molecular flexibility index (Phi) is 2.40. The third kappa shape index (κ3) is 2.22. The zero-order valence-corrected chi connectivity index (χ0v) is 8.83. The van der Waals surface area contributed by atoms with Gasteiger partial charge in [-0.05, 0) is 24.7 Å². The molecule has 1 aliphatic carbocycles. The van der Waals surface area contributed by atoms with Gasteiger partial charge >= 0.3 is 0 Å². The Morgan fingerprint density at radius 1 is 1.36 bits per heavy atom. The molecule has 3 nitrogen and oxygen atoms in total. The lowest BCUT2D eigenvalue weighted by atomic mass is 9.92. The summed E-state index contributed by atoms with van der Waals surface area (Å²) in [5, 5.41) is 3.47. The first kappa shape index (κ1) is 9.44. The van der Waals surface area contributed by atoms with Gasteiger partial charge in [-0.25, -0.2) is 9.97 Å². The van der Waals surface area contributed by atoms with E-state index < -0.39 is 0 Å². The lowest BCUT2D eigenvalue weighted by Crippen LogP contribution is -2.17. The largest absolute Gasteiger partial charge is 0.380 e. The fourth-order valence-corrected chi connectivity index (χ4v) is 2.17. The van der Waals surface area contributed by atoms with E-state index in [0.717, 1.165) is 5.69 Å². The molecule has 0 amide bonds. The third-order valence-corrected chi connectivity index (χ3v) is 2.90. The van der Waals surface area contributed by atoms with Crippen LogP contribution in [0.4, 0.5) is 5.69 Å². The van der Waals surface area contributed by atoms with E-state index in [4.69, 9.17) is 0 Å². The molecule has 1 unspecified atom stereocenters. The maximum Gasteiger partial charge on any atom is 0.115 e. The van der Waals surface area contributed by atoms with Gasteiger partial charge in [-0.2, -0.15) is 0 Å². The van der Waals surface area contributed by atoms with Crippen molar-refractivity contribution < 1.29 is 0 Å². The van der Waals surface area contributed by atoms with E-state index in [1.807, 2.05) is 12.4 Å². The van der Waals surface area contributed by atoms with Crippen LogP contribution >= 0.6 is 0 Å². The summed E-state index contributed by atoms with van der Waals surface area (Å²) in [6.07, 6.45) is 9.02. The lowest BCUT2D eigenvalue weighted by molar-refractivity contribution is 0.378. The molecule has 14 heavy (non-hydrogen) atoms. The van der Waals surface area contributed by atoms with Crippen molar-refractivity contribution in [2.24, 2.45) is 5.41 Å². The first-order valence-corrected chi connectivity index (χ1v) is 5.17. The van der Waals surface area contributed by atoms with Crippen LogP contribution in [0.3, 0.4) is 0 Å². The van der Waals surface area contributed by atoms with Crippen LogP contribution in [-0.4, -0.2) is 16.0 Å². The number of nitrogens with one attached hydrogen (secondary N) is 1. The molecule has 0 saturated heterocycles. The molecule has 2 rings (SSSR count). The van der Waals surface area contributed by atoms with E-state index in [-0.39, 0.29) is 0 Å². The average Bonchev–Trinajstić information content (AvgIpc) is 2.47. The van der Waals surface area contributed by atoms with Gasteiger partial charge in [-0.1, -0.05) is 13.8 Å². The predicted molar refractivity (Wildman–Crippen MR) is 57.1 cm³/mol. The summed E-state index contributed by atoms with van der Waals surface area (Å²) in [5.74, 6) is 0. The number of aromatic nitrogens is 2. The second-order valence-electron chi connectivity index (χ2n) is 4.88. The molecule has 1 heterocycles. The lowest BCUT2D eigenvalue weighted by Gasteiger charge is -2.18. The van der Waals surface area contributed by atoms with E-state index in [1.54, 1.807) is 6.33 Å². The second-order valence-corrected chi connectivity index (χ2v) is 4.88. The topological polar surface area (TPSA) is 37.8 Å². The van der Waals surface area contributed by atoms with E-state index in [2.05, 4.69) is 29.1 Å². The quantitative estimate of drug-likeness (QED) is 0.780. The molecular weight excluding hydrogens is 174 g/mol. The van der Waals surface area contributed by atoms with E-state index in [9.17, 15) is 0 Å². The van der Waals surface area contributed by atoms with Crippen LogP contribution in [0.15, 0.2) is 18.7 Å². The zero-order valence-electron chi connectivity index (χ0n) is 8.83. The molecule has 1 aliphatic rings. The Morgan fingerprint density at radius 2 is 2.07 bits per heavy atom. The van der Waals surface area contributed by atoms with Crippen LogP contribution in [0, 0.1) is 5.41 Å². The number of nitrogens with zero attached hydrogens (tertiary/aromatic N) is 2. The van der Waals surface area contributed by atoms with E-state index in [0.29, 0.717) is 11.5 Å². The van der Waals surface area contributed by atoms with Crippen LogP contribution in [0.25, 0.3) is 0 Å². The molecule has 1 fully saturated rings. The minimum Gasteiger partial charge on any atom is -0.380 e. The van der Waals surface area contributed by atoms with Crippen molar-refractivity contribution in [3.63, 3.8) is 0 Å². The highest BCUT2D eigenvalue weighted by Gasteiger charge is 2.30. The van der Waals surface area contributed by atoms with Crippen molar-refractivity contribution in [3.05, 3.63) is 18.7 Å². The van der Waals surface area contributed by atoms with Crippen LogP contribution in [0.2, 0.25) is 0 Å². The number of hydrogen-bond acceptors (Lipinski definition) is 3. The van der Waals surface area contributed by atoms with Crippen LogP contribution in [-0.2, 0) is 0 Å². The van der Waals surface area contributed by atoms with Gasteiger partial charge in [-0.3, -0.25) is 0 Å². The normalized spacial score (nSPS) is 24.9. The maximum atomic E-state index is 3.99. The summed E-state index contributed by atoms with van der Waals surface area (Å²) in [6.45, 7) is 4.66. The van der Waals surface area contributed by atoms with Crippen molar-refractivity contribution in [1.82, 2.24) is 9.97 Å². The van der Waals surface area contributed by atoms with Gasteiger partial charge in [0.15, 0.2) is 0 Å². The molecule has 0 spiro atoms. The predicted octanol–water partition coefficient (Wildman–Crippen LogP) is 2.47. The van der Waals surface area contributed by atoms with E-state index in [1.165, 1.54) is 19.3 Å².